The highest BCUT2D eigenvalue weighted by atomic mass is 16.5. The Balaban J connectivity index is 1.73. The van der Waals surface area contributed by atoms with E-state index in [2.05, 4.69) is 5.32 Å². The van der Waals surface area contributed by atoms with Crippen molar-refractivity contribution in [3.63, 3.8) is 0 Å². The lowest BCUT2D eigenvalue weighted by Crippen LogP contribution is -2.40. The first-order valence-electron chi connectivity index (χ1n) is 7.80. The van der Waals surface area contributed by atoms with E-state index in [4.69, 9.17) is 10.5 Å². The van der Waals surface area contributed by atoms with Gasteiger partial charge in [-0.05, 0) is 60.7 Å². The normalized spacial score (nSPS) is 21.5. The number of nitrogens with two attached hydrogens (primary N) is 1. The zero-order valence-electron chi connectivity index (χ0n) is 12.8. The summed E-state index contributed by atoms with van der Waals surface area (Å²) in [7, 11) is 1.65. The number of fused-ring (bicyclic) bond motifs is 1. The standard InChI is InChI=1S/C18H22N2O2/c1-22-17-9-4-12-10-14(3-2-13(12)11-17)18(21)20-16-7-5-15(19)6-8-16/h2-4,9-11,15-16H,5-8,19H2,1H3,(H,20,21)/t15-,16-. The smallest absolute Gasteiger partial charge is 0.251 e. The van der Waals surface area contributed by atoms with Gasteiger partial charge in [-0.2, -0.15) is 0 Å². The van der Waals surface area contributed by atoms with Crippen molar-refractivity contribution in [2.24, 2.45) is 5.73 Å². The number of carbonyl (C=O) groups is 1. The van der Waals surface area contributed by atoms with E-state index in [1.54, 1.807) is 7.11 Å². The highest BCUT2D eigenvalue weighted by Crippen LogP contribution is 2.22. The number of carbonyl (C=O) groups excluding carboxylic acids is 1. The fourth-order valence-corrected chi connectivity index (χ4v) is 3.02. The molecule has 4 nitrogen and oxygen atoms in total. The minimum absolute atomic E-state index is 0.00168. The van der Waals surface area contributed by atoms with Gasteiger partial charge in [-0.15, -0.1) is 0 Å². The van der Waals surface area contributed by atoms with Gasteiger partial charge in [0.2, 0.25) is 0 Å². The molecular weight excluding hydrogens is 276 g/mol. The molecule has 4 heteroatoms. The van der Waals surface area contributed by atoms with Crippen molar-refractivity contribution in [2.45, 2.75) is 37.8 Å². The van der Waals surface area contributed by atoms with Crippen LogP contribution in [0.2, 0.25) is 0 Å². The molecule has 0 aromatic heterocycles. The molecule has 1 aliphatic rings. The van der Waals surface area contributed by atoms with Gasteiger partial charge in [0.25, 0.3) is 5.91 Å². The molecule has 0 unspecified atom stereocenters. The summed E-state index contributed by atoms with van der Waals surface area (Å²) in [6.45, 7) is 0. The SMILES string of the molecule is COc1ccc2cc(C(=O)N[C@H]3CC[C@H](N)CC3)ccc2c1. The molecule has 0 bridgehead atoms. The number of benzene rings is 2. The minimum Gasteiger partial charge on any atom is -0.497 e. The van der Waals surface area contributed by atoms with E-state index in [1.807, 2.05) is 36.4 Å². The van der Waals surface area contributed by atoms with Gasteiger partial charge in [-0.1, -0.05) is 12.1 Å². The number of ether oxygens (including phenoxy) is 1. The Morgan fingerprint density at radius 1 is 1.09 bits per heavy atom. The van der Waals surface area contributed by atoms with Crippen LogP contribution in [0, 0.1) is 0 Å². The van der Waals surface area contributed by atoms with Crippen LogP contribution in [0.5, 0.6) is 5.75 Å². The summed E-state index contributed by atoms with van der Waals surface area (Å²) in [5, 5.41) is 5.23. The Bertz CT molecular complexity index is 676. The fourth-order valence-electron chi connectivity index (χ4n) is 3.02. The summed E-state index contributed by atoms with van der Waals surface area (Å²) < 4.78 is 5.22. The molecule has 2 aromatic rings. The maximum atomic E-state index is 12.4. The van der Waals surface area contributed by atoms with Gasteiger partial charge in [0.1, 0.15) is 5.75 Å². The molecule has 0 heterocycles. The van der Waals surface area contributed by atoms with Crippen LogP contribution in [0.25, 0.3) is 10.8 Å². The van der Waals surface area contributed by atoms with Gasteiger partial charge >= 0.3 is 0 Å². The molecule has 22 heavy (non-hydrogen) atoms. The number of amides is 1. The van der Waals surface area contributed by atoms with Gasteiger partial charge < -0.3 is 15.8 Å². The number of rotatable bonds is 3. The molecule has 0 saturated heterocycles. The number of hydrogen-bond acceptors (Lipinski definition) is 3. The highest BCUT2D eigenvalue weighted by Gasteiger charge is 2.20. The Labute approximate surface area is 130 Å². The summed E-state index contributed by atoms with van der Waals surface area (Å²) in [4.78, 5) is 12.4. The summed E-state index contributed by atoms with van der Waals surface area (Å²) in [5.74, 6) is 0.821. The van der Waals surface area contributed by atoms with Crippen molar-refractivity contribution < 1.29 is 9.53 Å². The van der Waals surface area contributed by atoms with Crippen molar-refractivity contribution >= 4 is 16.7 Å². The Kier molecular flexibility index (Phi) is 4.29. The molecule has 0 radical (unpaired) electrons. The van der Waals surface area contributed by atoms with E-state index in [0.717, 1.165) is 42.2 Å². The average molecular weight is 298 g/mol. The molecule has 1 fully saturated rings. The summed E-state index contributed by atoms with van der Waals surface area (Å²) in [6, 6.07) is 12.2. The molecule has 2 aromatic carbocycles. The lowest BCUT2D eigenvalue weighted by atomic mass is 9.91. The predicted octanol–water partition coefficient (Wildman–Crippen LogP) is 2.85. The average Bonchev–Trinajstić information content (AvgIpc) is 2.56. The van der Waals surface area contributed by atoms with Crippen LogP contribution in [-0.4, -0.2) is 25.1 Å². The second-order valence-corrected chi connectivity index (χ2v) is 6.01. The molecule has 3 N–H and O–H groups in total. The van der Waals surface area contributed by atoms with Gasteiger partial charge in [0, 0.05) is 17.6 Å². The van der Waals surface area contributed by atoms with Crippen LogP contribution in [0.4, 0.5) is 0 Å². The first kappa shape index (κ1) is 14.9. The first-order valence-corrected chi connectivity index (χ1v) is 7.80. The second-order valence-electron chi connectivity index (χ2n) is 6.01. The molecule has 116 valence electrons. The monoisotopic (exact) mass is 298 g/mol. The molecule has 1 aliphatic carbocycles. The lowest BCUT2D eigenvalue weighted by Gasteiger charge is -2.26. The maximum Gasteiger partial charge on any atom is 0.251 e. The van der Waals surface area contributed by atoms with Crippen LogP contribution in [0.1, 0.15) is 36.0 Å². The zero-order chi connectivity index (χ0) is 15.5. The van der Waals surface area contributed by atoms with Gasteiger partial charge in [0.05, 0.1) is 7.11 Å². The predicted molar refractivity (Wildman–Crippen MR) is 88.2 cm³/mol. The van der Waals surface area contributed by atoms with Crippen molar-refractivity contribution in [1.82, 2.24) is 5.32 Å². The van der Waals surface area contributed by atoms with Crippen LogP contribution in [0.15, 0.2) is 36.4 Å². The van der Waals surface area contributed by atoms with Crippen LogP contribution in [-0.2, 0) is 0 Å². The van der Waals surface area contributed by atoms with E-state index >= 15 is 0 Å². The zero-order valence-corrected chi connectivity index (χ0v) is 12.8. The van der Waals surface area contributed by atoms with Crippen LogP contribution >= 0.6 is 0 Å². The summed E-state index contributed by atoms with van der Waals surface area (Å²) in [5.41, 5.74) is 6.60. The van der Waals surface area contributed by atoms with Crippen LogP contribution in [0.3, 0.4) is 0 Å². The summed E-state index contributed by atoms with van der Waals surface area (Å²) >= 11 is 0. The van der Waals surface area contributed by atoms with Crippen molar-refractivity contribution in [3.05, 3.63) is 42.0 Å². The minimum atomic E-state index is -0.00168. The van der Waals surface area contributed by atoms with E-state index in [-0.39, 0.29) is 11.9 Å². The molecule has 0 atom stereocenters. The molecule has 0 spiro atoms. The maximum absolute atomic E-state index is 12.4. The van der Waals surface area contributed by atoms with Gasteiger partial charge in [-0.25, -0.2) is 0 Å². The summed E-state index contributed by atoms with van der Waals surface area (Å²) in [6.07, 6.45) is 3.92. The number of hydrogen-bond donors (Lipinski definition) is 2. The van der Waals surface area contributed by atoms with Crippen molar-refractivity contribution in [1.29, 1.82) is 0 Å². The molecule has 3 rings (SSSR count). The third kappa shape index (κ3) is 3.22. The van der Waals surface area contributed by atoms with E-state index in [1.165, 1.54) is 0 Å². The third-order valence-corrected chi connectivity index (χ3v) is 4.42. The van der Waals surface area contributed by atoms with Gasteiger partial charge in [-0.3, -0.25) is 4.79 Å². The second kappa shape index (κ2) is 6.36. The van der Waals surface area contributed by atoms with E-state index in [0.29, 0.717) is 11.6 Å². The van der Waals surface area contributed by atoms with E-state index < -0.39 is 0 Å². The van der Waals surface area contributed by atoms with Crippen molar-refractivity contribution in [3.8, 4) is 5.75 Å². The Hall–Kier alpha value is -2.07. The van der Waals surface area contributed by atoms with Gasteiger partial charge in [0.15, 0.2) is 0 Å². The largest absolute Gasteiger partial charge is 0.497 e. The van der Waals surface area contributed by atoms with Crippen molar-refractivity contribution in [2.75, 3.05) is 7.11 Å². The highest BCUT2D eigenvalue weighted by molar-refractivity contribution is 5.98. The molecule has 1 saturated carbocycles. The van der Waals surface area contributed by atoms with Crippen LogP contribution < -0.4 is 15.8 Å². The Morgan fingerprint density at radius 3 is 2.50 bits per heavy atom. The van der Waals surface area contributed by atoms with E-state index in [9.17, 15) is 4.79 Å². The Morgan fingerprint density at radius 2 is 1.77 bits per heavy atom. The third-order valence-electron chi connectivity index (χ3n) is 4.42. The topological polar surface area (TPSA) is 64.3 Å². The first-order chi connectivity index (χ1) is 10.7. The fraction of sp³-hybridized carbons (Fsp3) is 0.389. The molecular formula is C18H22N2O2. The lowest BCUT2D eigenvalue weighted by molar-refractivity contribution is 0.0926. The molecule has 1 amide bonds. The molecule has 0 aliphatic heterocycles. The number of methoxy groups -OCH3 is 1. The quantitative estimate of drug-likeness (QED) is 0.916. The number of nitrogens with one attached hydrogen (secondary N) is 1.